The Bertz CT molecular complexity index is 251. The number of rotatable bonds is 5. The largest absolute Gasteiger partial charge is 0.375 e. The van der Waals surface area contributed by atoms with Crippen LogP contribution >= 0.6 is 35.7 Å². The van der Waals surface area contributed by atoms with Crippen molar-refractivity contribution in [1.29, 1.82) is 0 Å². The van der Waals surface area contributed by atoms with Crippen molar-refractivity contribution in [2.75, 3.05) is 37.7 Å². The first-order valence-electron chi connectivity index (χ1n) is 5.59. The predicted octanol–water partition coefficient (Wildman–Crippen LogP) is 1.56. The summed E-state index contributed by atoms with van der Waals surface area (Å²) in [4.78, 5) is 6.45. The predicted molar refractivity (Wildman–Crippen MR) is 86.4 cm³/mol. The van der Waals surface area contributed by atoms with Gasteiger partial charge in [-0.1, -0.05) is 6.08 Å². The molecule has 17 heavy (non-hydrogen) atoms. The fourth-order valence-corrected chi connectivity index (χ4v) is 2.07. The second kappa shape index (κ2) is 10.0. The molecule has 1 heterocycles. The third kappa shape index (κ3) is 7.15. The number of hydrogen-bond acceptors (Lipinski definition) is 3. The van der Waals surface area contributed by atoms with E-state index in [2.05, 4.69) is 23.4 Å². The molecule has 6 heteroatoms. The normalized spacial score (nSPS) is 20.9. The second-order valence-electron chi connectivity index (χ2n) is 3.73. The minimum absolute atomic E-state index is 0. The zero-order valence-electron chi connectivity index (χ0n) is 10.3. The van der Waals surface area contributed by atoms with Gasteiger partial charge in [0.05, 0.1) is 19.3 Å². The summed E-state index contributed by atoms with van der Waals surface area (Å²) in [6, 6.07) is 0. The van der Waals surface area contributed by atoms with Crippen LogP contribution in [-0.2, 0) is 4.74 Å². The molecule has 1 atom stereocenters. The van der Waals surface area contributed by atoms with Gasteiger partial charge in [0.2, 0.25) is 0 Å². The van der Waals surface area contributed by atoms with Gasteiger partial charge in [0.15, 0.2) is 5.96 Å². The van der Waals surface area contributed by atoms with Crippen LogP contribution in [0.2, 0.25) is 0 Å². The Morgan fingerprint density at radius 2 is 2.47 bits per heavy atom. The van der Waals surface area contributed by atoms with Gasteiger partial charge in [0, 0.05) is 24.6 Å². The van der Waals surface area contributed by atoms with E-state index in [0.29, 0.717) is 5.96 Å². The zero-order valence-corrected chi connectivity index (χ0v) is 13.4. The topological polar surface area (TPSA) is 50.8 Å². The van der Waals surface area contributed by atoms with Gasteiger partial charge in [-0.3, -0.25) is 4.99 Å². The molecule has 1 aliphatic rings. The molecule has 4 nitrogen and oxygen atoms in total. The summed E-state index contributed by atoms with van der Waals surface area (Å²) in [7, 11) is 0. The molecule has 1 aliphatic heterocycles. The van der Waals surface area contributed by atoms with E-state index < -0.39 is 0 Å². The van der Waals surface area contributed by atoms with Gasteiger partial charge in [-0.05, 0) is 6.92 Å². The summed E-state index contributed by atoms with van der Waals surface area (Å²) in [6.45, 7) is 8.93. The number of guanidine groups is 1. The third-order valence-corrected chi connectivity index (χ3v) is 3.25. The molecule has 0 saturated carbocycles. The van der Waals surface area contributed by atoms with Crippen LogP contribution in [0.1, 0.15) is 6.92 Å². The Balaban J connectivity index is 0.00000256. The molecule has 100 valence electrons. The highest BCUT2D eigenvalue weighted by atomic mass is 127. The van der Waals surface area contributed by atoms with Gasteiger partial charge >= 0.3 is 0 Å². The maximum atomic E-state index is 5.92. The molecule has 0 bridgehead atoms. The summed E-state index contributed by atoms with van der Waals surface area (Å²) in [6.07, 6.45) is 2.15. The van der Waals surface area contributed by atoms with Crippen molar-refractivity contribution in [3.8, 4) is 0 Å². The van der Waals surface area contributed by atoms with Crippen LogP contribution in [-0.4, -0.2) is 54.7 Å². The SMILES string of the molecule is C=CCSCCN=C(N)N1CCOC(C)C1.I. The minimum atomic E-state index is 0. The number of aliphatic imine (C=N–C) groups is 1. The lowest BCUT2D eigenvalue weighted by atomic mass is 10.3. The first kappa shape index (κ1) is 17.1. The molecule has 0 aromatic carbocycles. The number of hydrogen-bond donors (Lipinski definition) is 1. The first-order chi connectivity index (χ1) is 7.74. The number of nitrogens with zero attached hydrogens (tertiary/aromatic N) is 2. The Kier molecular flexibility index (Phi) is 10.0. The third-order valence-electron chi connectivity index (χ3n) is 2.31. The smallest absolute Gasteiger partial charge is 0.191 e. The molecule has 0 aliphatic carbocycles. The lowest BCUT2D eigenvalue weighted by Gasteiger charge is -2.31. The average molecular weight is 371 g/mol. The van der Waals surface area contributed by atoms with Gasteiger partial charge in [-0.2, -0.15) is 11.8 Å². The number of halogens is 1. The Labute approximate surface area is 125 Å². The Morgan fingerprint density at radius 1 is 1.71 bits per heavy atom. The van der Waals surface area contributed by atoms with Crippen molar-refractivity contribution in [3.63, 3.8) is 0 Å². The highest BCUT2D eigenvalue weighted by Crippen LogP contribution is 2.04. The monoisotopic (exact) mass is 371 g/mol. The van der Waals surface area contributed by atoms with Crippen molar-refractivity contribution in [2.24, 2.45) is 10.7 Å². The van der Waals surface area contributed by atoms with E-state index in [0.717, 1.165) is 37.7 Å². The van der Waals surface area contributed by atoms with Crippen LogP contribution in [0.3, 0.4) is 0 Å². The molecular formula is C11H22IN3OS. The van der Waals surface area contributed by atoms with E-state index in [1.807, 2.05) is 17.8 Å². The van der Waals surface area contributed by atoms with Crippen molar-refractivity contribution >= 4 is 41.7 Å². The molecule has 0 aromatic heterocycles. The highest BCUT2D eigenvalue weighted by molar-refractivity contribution is 14.0. The Hall–Kier alpha value is 0.0500. The van der Waals surface area contributed by atoms with Gasteiger partial charge in [0.25, 0.3) is 0 Å². The fraction of sp³-hybridized carbons (Fsp3) is 0.727. The van der Waals surface area contributed by atoms with E-state index in [1.165, 1.54) is 0 Å². The molecule has 1 rings (SSSR count). The molecule has 0 aromatic rings. The van der Waals surface area contributed by atoms with Crippen LogP contribution in [0, 0.1) is 0 Å². The summed E-state index contributed by atoms with van der Waals surface area (Å²) in [5.41, 5.74) is 5.92. The van der Waals surface area contributed by atoms with Crippen LogP contribution in [0.5, 0.6) is 0 Å². The minimum Gasteiger partial charge on any atom is -0.375 e. The van der Waals surface area contributed by atoms with Crippen molar-refractivity contribution in [2.45, 2.75) is 13.0 Å². The lowest BCUT2D eigenvalue weighted by Crippen LogP contribution is -2.47. The number of nitrogens with two attached hydrogens (primary N) is 1. The second-order valence-corrected chi connectivity index (χ2v) is 4.88. The number of morpholine rings is 1. The standard InChI is InChI=1S/C11H21N3OS.HI/c1-3-7-16-8-4-13-11(12)14-5-6-15-10(2)9-14;/h3,10H,1,4-9H2,2H3,(H2,12,13);1H. The highest BCUT2D eigenvalue weighted by Gasteiger charge is 2.17. The van der Waals surface area contributed by atoms with E-state index in [4.69, 9.17) is 10.5 Å². The summed E-state index contributed by atoms with van der Waals surface area (Å²) in [5.74, 6) is 2.62. The quantitative estimate of drug-likeness (QED) is 0.262. The molecule has 2 N–H and O–H groups in total. The van der Waals surface area contributed by atoms with E-state index in [1.54, 1.807) is 0 Å². The van der Waals surface area contributed by atoms with Crippen molar-refractivity contribution in [1.82, 2.24) is 4.90 Å². The molecule has 1 unspecified atom stereocenters. The number of thioether (sulfide) groups is 1. The van der Waals surface area contributed by atoms with Crippen LogP contribution in [0.25, 0.3) is 0 Å². The van der Waals surface area contributed by atoms with Crippen LogP contribution in [0.4, 0.5) is 0 Å². The lowest BCUT2D eigenvalue weighted by molar-refractivity contribution is 0.00531. The van der Waals surface area contributed by atoms with Gasteiger partial charge in [-0.25, -0.2) is 0 Å². The number of ether oxygens (including phenoxy) is 1. The zero-order chi connectivity index (χ0) is 11.8. The van der Waals surface area contributed by atoms with Crippen LogP contribution in [0.15, 0.2) is 17.6 Å². The molecule has 1 saturated heterocycles. The van der Waals surface area contributed by atoms with Gasteiger partial charge < -0.3 is 15.4 Å². The maximum Gasteiger partial charge on any atom is 0.191 e. The molecule has 0 amide bonds. The molecule has 0 spiro atoms. The fourth-order valence-electron chi connectivity index (χ4n) is 1.52. The summed E-state index contributed by atoms with van der Waals surface area (Å²) < 4.78 is 5.45. The summed E-state index contributed by atoms with van der Waals surface area (Å²) in [5, 5.41) is 0. The summed E-state index contributed by atoms with van der Waals surface area (Å²) >= 11 is 1.82. The maximum absolute atomic E-state index is 5.92. The van der Waals surface area contributed by atoms with Gasteiger partial charge in [0.1, 0.15) is 0 Å². The average Bonchev–Trinajstić information content (AvgIpc) is 2.28. The van der Waals surface area contributed by atoms with Crippen molar-refractivity contribution in [3.05, 3.63) is 12.7 Å². The van der Waals surface area contributed by atoms with E-state index >= 15 is 0 Å². The first-order valence-corrected chi connectivity index (χ1v) is 6.74. The van der Waals surface area contributed by atoms with E-state index in [9.17, 15) is 0 Å². The van der Waals surface area contributed by atoms with Crippen molar-refractivity contribution < 1.29 is 4.74 Å². The van der Waals surface area contributed by atoms with Crippen LogP contribution < -0.4 is 5.73 Å². The molecular weight excluding hydrogens is 349 g/mol. The molecule has 1 fully saturated rings. The van der Waals surface area contributed by atoms with E-state index in [-0.39, 0.29) is 30.1 Å². The molecule has 0 radical (unpaired) electrons. The van der Waals surface area contributed by atoms with Gasteiger partial charge in [-0.15, -0.1) is 30.6 Å². The Morgan fingerprint density at radius 3 is 3.12 bits per heavy atom.